The summed E-state index contributed by atoms with van der Waals surface area (Å²) in [6.07, 6.45) is 2.21. The standard InChI is InChI=1S/C21H24N2O3/c1-3-18(14-24)22-21(26)19(13-16-11-9-15(2)10-12-16)23-20(25)17-7-5-4-6-8-17/h4-13,18,24H,3,14H2,1-2H3,(H,22,26)(H,23,25)/b19-13-/t18-/m1/s1. The predicted molar refractivity (Wildman–Crippen MR) is 102 cm³/mol. The Bertz CT molecular complexity index is 764. The monoisotopic (exact) mass is 352 g/mol. The van der Waals surface area contributed by atoms with Crippen LogP contribution < -0.4 is 10.6 Å². The average molecular weight is 352 g/mol. The van der Waals surface area contributed by atoms with Gasteiger partial charge in [0.1, 0.15) is 5.70 Å². The van der Waals surface area contributed by atoms with Crippen LogP contribution in [0.3, 0.4) is 0 Å². The Morgan fingerprint density at radius 3 is 2.31 bits per heavy atom. The molecule has 1 atom stereocenters. The van der Waals surface area contributed by atoms with Crippen molar-refractivity contribution in [3.63, 3.8) is 0 Å². The lowest BCUT2D eigenvalue weighted by atomic mass is 10.1. The zero-order valence-corrected chi connectivity index (χ0v) is 15.0. The molecule has 0 fully saturated rings. The van der Waals surface area contributed by atoms with Crippen molar-refractivity contribution in [3.8, 4) is 0 Å². The molecule has 0 aliphatic carbocycles. The number of rotatable bonds is 7. The second kappa shape index (κ2) is 9.53. The molecule has 0 aliphatic rings. The molecule has 3 N–H and O–H groups in total. The lowest BCUT2D eigenvalue weighted by molar-refractivity contribution is -0.118. The molecule has 0 radical (unpaired) electrons. The first-order valence-corrected chi connectivity index (χ1v) is 8.60. The number of benzene rings is 2. The Hall–Kier alpha value is -2.92. The number of carbonyl (C=O) groups is 2. The molecule has 2 aromatic carbocycles. The van der Waals surface area contributed by atoms with Gasteiger partial charge in [-0.2, -0.15) is 0 Å². The molecule has 0 saturated carbocycles. The zero-order chi connectivity index (χ0) is 18.9. The highest BCUT2D eigenvalue weighted by Crippen LogP contribution is 2.09. The first kappa shape index (κ1) is 19.4. The molecular formula is C21H24N2O3. The molecule has 0 spiro atoms. The molecule has 0 unspecified atom stereocenters. The summed E-state index contributed by atoms with van der Waals surface area (Å²) in [5.41, 5.74) is 2.50. The van der Waals surface area contributed by atoms with Crippen LogP contribution in [0.15, 0.2) is 60.3 Å². The Kier molecular flexibility index (Phi) is 7.12. The summed E-state index contributed by atoms with van der Waals surface area (Å²) < 4.78 is 0. The van der Waals surface area contributed by atoms with E-state index in [9.17, 15) is 14.7 Å². The number of nitrogens with one attached hydrogen (secondary N) is 2. The third kappa shape index (κ3) is 5.57. The average Bonchev–Trinajstić information content (AvgIpc) is 2.67. The van der Waals surface area contributed by atoms with Crippen molar-refractivity contribution in [1.29, 1.82) is 0 Å². The molecule has 0 bridgehead atoms. The molecule has 0 aliphatic heterocycles. The third-order valence-electron chi connectivity index (χ3n) is 3.97. The number of aryl methyl sites for hydroxylation is 1. The smallest absolute Gasteiger partial charge is 0.268 e. The Balaban J connectivity index is 2.27. The summed E-state index contributed by atoms with van der Waals surface area (Å²) in [4.78, 5) is 25.1. The number of hydrogen-bond acceptors (Lipinski definition) is 3. The van der Waals surface area contributed by atoms with Gasteiger partial charge in [0.05, 0.1) is 12.6 Å². The summed E-state index contributed by atoms with van der Waals surface area (Å²) in [6, 6.07) is 16.0. The molecule has 0 heterocycles. The van der Waals surface area contributed by atoms with Crippen molar-refractivity contribution in [2.75, 3.05) is 6.61 Å². The fourth-order valence-corrected chi connectivity index (χ4v) is 2.31. The molecule has 136 valence electrons. The molecule has 0 aromatic heterocycles. The van der Waals surface area contributed by atoms with Crippen molar-refractivity contribution >= 4 is 17.9 Å². The van der Waals surface area contributed by atoms with E-state index in [1.165, 1.54) is 0 Å². The van der Waals surface area contributed by atoms with Gasteiger partial charge < -0.3 is 15.7 Å². The van der Waals surface area contributed by atoms with Gasteiger partial charge in [-0.3, -0.25) is 9.59 Å². The van der Waals surface area contributed by atoms with Gasteiger partial charge in [-0.05, 0) is 37.1 Å². The van der Waals surface area contributed by atoms with E-state index in [1.807, 2.05) is 44.2 Å². The van der Waals surface area contributed by atoms with Gasteiger partial charge in [0.15, 0.2) is 0 Å². The quantitative estimate of drug-likeness (QED) is 0.670. The predicted octanol–water partition coefficient (Wildman–Crippen LogP) is 2.65. The fourth-order valence-electron chi connectivity index (χ4n) is 2.31. The fraction of sp³-hybridized carbons (Fsp3) is 0.238. The van der Waals surface area contributed by atoms with E-state index in [0.717, 1.165) is 11.1 Å². The van der Waals surface area contributed by atoms with Crippen LogP contribution >= 0.6 is 0 Å². The third-order valence-corrected chi connectivity index (χ3v) is 3.97. The molecule has 26 heavy (non-hydrogen) atoms. The van der Waals surface area contributed by atoms with Crippen LogP contribution in [0, 0.1) is 6.92 Å². The maximum absolute atomic E-state index is 12.6. The SMILES string of the molecule is CC[C@H](CO)NC(=O)/C(=C/c1ccc(C)cc1)NC(=O)c1ccccc1. The molecule has 2 aromatic rings. The highest BCUT2D eigenvalue weighted by Gasteiger charge is 2.17. The van der Waals surface area contributed by atoms with Crippen LogP contribution in [0.1, 0.15) is 34.8 Å². The second-order valence-corrected chi connectivity index (χ2v) is 6.05. The van der Waals surface area contributed by atoms with E-state index in [4.69, 9.17) is 0 Å². The van der Waals surface area contributed by atoms with Gasteiger partial charge in [-0.1, -0.05) is 55.0 Å². The van der Waals surface area contributed by atoms with Crippen LogP contribution in [-0.2, 0) is 4.79 Å². The van der Waals surface area contributed by atoms with Gasteiger partial charge in [0.2, 0.25) is 0 Å². The highest BCUT2D eigenvalue weighted by molar-refractivity contribution is 6.05. The van der Waals surface area contributed by atoms with E-state index in [0.29, 0.717) is 12.0 Å². The minimum Gasteiger partial charge on any atom is -0.394 e. The van der Waals surface area contributed by atoms with Crippen molar-refractivity contribution in [1.82, 2.24) is 10.6 Å². The van der Waals surface area contributed by atoms with Gasteiger partial charge in [0.25, 0.3) is 11.8 Å². The second-order valence-electron chi connectivity index (χ2n) is 6.05. The minimum absolute atomic E-state index is 0.134. The summed E-state index contributed by atoms with van der Waals surface area (Å²) in [5.74, 6) is -0.799. The number of aliphatic hydroxyl groups is 1. The van der Waals surface area contributed by atoms with Crippen LogP contribution in [0.4, 0.5) is 0 Å². The summed E-state index contributed by atoms with van der Waals surface area (Å²) in [5, 5.41) is 14.7. The molecule has 5 heteroatoms. The van der Waals surface area contributed by atoms with E-state index in [2.05, 4.69) is 10.6 Å². The maximum atomic E-state index is 12.6. The number of carbonyl (C=O) groups excluding carboxylic acids is 2. The van der Waals surface area contributed by atoms with Crippen LogP contribution in [0.2, 0.25) is 0 Å². The minimum atomic E-state index is -0.434. The van der Waals surface area contributed by atoms with E-state index >= 15 is 0 Å². The van der Waals surface area contributed by atoms with Crippen molar-refractivity contribution in [3.05, 3.63) is 77.0 Å². The van der Waals surface area contributed by atoms with Crippen LogP contribution in [-0.4, -0.2) is 29.6 Å². The van der Waals surface area contributed by atoms with Crippen LogP contribution in [0.5, 0.6) is 0 Å². The summed E-state index contributed by atoms with van der Waals surface area (Å²) >= 11 is 0. The lowest BCUT2D eigenvalue weighted by Gasteiger charge is -2.16. The molecular weight excluding hydrogens is 328 g/mol. The van der Waals surface area contributed by atoms with Gasteiger partial charge in [-0.25, -0.2) is 0 Å². The van der Waals surface area contributed by atoms with Crippen molar-refractivity contribution in [2.45, 2.75) is 26.3 Å². The summed E-state index contributed by atoms with van der Waals surface area (Å²) in [6.45, 7) is 3.69. The Labute approximate surface area is 153 Å². The number of amides is 2. The highest BCUT2D eigenvalue weighted by atomic mass is 16.3. The largest absolute Gasteiger partial charge is 0.394 e. The van der Waals surface area contributed by atoms with Crippen LogP contribution in [0.25, 0.3) is 6.08 Å². The molecule has 2 rings (SSSR count). The van der Waals surface area contributed by atoms with Crippen molar-refractivity contribution < 1.29 is 14.7 Å². The zero-order valence-electron chi connectivity index (χ0n) is 15.0. The first-order chi connectivity index (χ1) is 12.5. The topological polar surface area (TPSA) is 78.4 Å². The van der Waals surface area contributed by atoms with Gasteiger partial charge in [0, 0.05) is 5.56 Å². The van der Waals surface area contributed by atoms with E-state index < -0.39 is 5.91 Å². The Morgan fingerprint density at radius 1 is 1.08 bits per heavy atom. The molecule has 5 nitrogen and oxygen atoms in total. The maximum Gasteiger partial charge on any atom is 0.268 e. The van der Waals surface area contributed by atoms with E-state index in [-0.39, 0.29) is 24.3 Å². The van der Waals surface area contributed by atoms with E-state index in [1.54, 1.807) is 30.3 Å². The lowest BCUT2D eigenvalue weighted by Crippen LogP contribution is -2.41. The normalized spacial score (nSPS) is 12.3. The number of hydrogen-bond donors (Lipinski definition) is 3. The van der Waals surface area contributed by atoms with Crippen molar-refractivity contribution in [2.24, 2.45) is 0 Å². The first-order valence-electron chi connectivity index (χ1n) is 8.60. The molecule has 0 saturated heterocycles. The van der Waals surface area contributed by atoms with Gasteiger partial charge in [-0.15, -0.1) is 0 Å². The molecule has 2 amide bonds. The summed E-state index contributed by atoms with van der Waals surface area (Å²) in [7, 11) is 0. The van der Waals surface area contributed by atoms with Gasteiger partial charge >= 0.3 is 0 Å². The number of aliphatic hydroxyl groups excluding tert-OH is 1. The Morgan fingerprint density at radius 2 is 1.73 bits per heavy atom.